The Morgan fingerprint density at radius 2 is 1.52 bits per heavy atom. The molecule has 0 radical (unpaired) electrons. The Morgan fingerprint density at radius 3 is 2.24 bits per heavy atom. The van der Waals surface area contributed by atoms with Crippen LogP contribution in [0.25, 0.3) is 39.2 Å². The molecule has 0 unspecified atom stereocenters. The first kappa shape index (κ1) is 20.0. The average Bonchev–Trinajstić information content (AvgIpc) is 3.26. The number of aromatic nitrogens is 2. The lowest BCUT2D eigenvalue weighted by Crippen LogP contribution is -2.36. The molecular formula is C30H27N3. The van der Waals surface area contributed by atoms with Crippen LogP contribution in [0.3, 0.4) is 0 Å². The monoisotopic (exact) mass is 429 g/mol. The minimum Gasteiger partial charge on any atom is -0.300 e. The topological polar surface area (TPSA) is 20.5 Å². The van der Waals surface area contributed by atoms with Gasteiger partial charge in [-0.15, -0.1) is 0 Å². The predicted molar refractivity (Wildman–Crippen MR) is 136 cm³/mol. The molecule has 0 bridgehead atoms. The molecule has 0 spiro atoms. The van der Waals surface area contributed by atoms with E-state index >= 15 is 0 Å². The molecule has 5 aromatic rings. The molecule has 2 aromatic heterocycles. The number of hydrogen-bond donors (Lipinski definition) is 0. The SMILES string of the molecule is Cc1c(-c2ccccc2)cccc1-c1ccn2c(-c3ccc(CN4CCC4)cc3)cnc2c1. The zero-order chi connectivity index (χ0) is 22.2. The summed E-state index contributed by atoms with van der Waals surface area (Å²) in [6, 6.07) is 30.5. The van der Waals surface area contributed by atoms with E-state index in [0.717, 1.165) is 17.9 Å². The fraction of sp³-hybridized carbons (Fsp3) is 0.167. The van der Waals surface area contributed by atoms with Crippen LogP contribution in [-0.2, 0) is 6.54 Å². The summed E-state index contributed by atoms with van der Waals surface area (Å²) in [6.45, 7) is 5.72. The highest BCUT2D eigenvalue weighted by molar-refractivity contribution is 5.80. The van der Waals surface area contributed by atoms with E-state index in [0.29, 0.717) is 0 Å². The first-order valence-electron chi connectivity index (χ1n) is 11.7. The molecule has 3 heterocycles. The minimum absolute atomic E-state index is 0.969. The normalized spacial score (nSPS) is 13.8. The van der Waals surface area contributed by atoms with Crippen LogP contribution < -0.4 is 0 Å². The van der Waals surface area contributed by atoms with Crippen molar-refractivity contribution in [1.29, 1.82) is 0 Å². The number of nitrogens with zero attached hydrogens (tertiary/aromatic N) is 3. The van der Waals surface area contributed by atoms with Gasteiger partial charge in [0, 0.05) is 18.3 Å². The summed E-state index contributed by atoms with van der Waals surface area (Å²) < 4.78 is 2.18. The Kier molecular flexibility index (Phi) is 5.04. The fourth-order valence-corrected chi connectivity index (χ4v) is 4.82. The molecule has 33 heavy (non-hydrogen) atoms. The Balaban J connectivity index is 1.33. The maximum atomic E-state index is 4.74. The quantitative estimate of drug-likeness (QED) is 0.305. The van der Waals surface area contributed by atoms with Crippen LogP contribution in [0.5, 0.6) is 0 Å². The number of hydrogen-bond acceptors (Lipinski definition) is 2. The molecule has 1 saturated heterocycles. The van der Waals surface area contributed by atoms with Crippen molar-refractivity contribution in [3.05, 3.63) is 108 Å². The molecule has 0 saturated carbocycles. The lowest BCUT2D eigenvalue weighted by molar-refractivity contribution is 0.172. The van der Waals surface area contributed by atoms with Gasteiger partial charge in [-0.2, -0.15) is 0 Å². The van der Waals surface area contributed by atoms with Crippen LogP contribution in [0.15, 0.2) is 97.3 Å². The number of likely N-dealkylation sites (tertiary alicyclic amines) is 1. The van der Waals surface area contributed by atoms with Gasteiger partial charge in [-0.3, -0.25) is 9.30 Å². The lowest BCUT2D eigenvalue weighted by atomic mass is 9.93. The van der Waals surface area contributed by atoms with E-state index in [-0.39, 0.29) is 0 Å². The summed E-state index contributed by atoms with van der Waals surface area (Å²) in [5.41, 5.74) is 10.9. The van der Waals surface area contributed by atoms with Crippen LogP contribution in [0, 0.1) is 6.92 Å². The highest BCUT2D eigenvalue weighted by Gasteiger charge is 2.14. The third-order valence-electron chi connectivity index (χ3n) is 6.85. The summed E-state index contributed by atoms with van der Waals surface area (Å²) >= 11 is 0. The van der Waals surface area contributed by atoms with Crippen molar-refractivity contribution in [2.45, 2.75) is 19.9 Å². The molecule has 1 fully saturated rings. The second-order valence-corrected chi connectivity index (χ2v) is 8.96. The fourth-order valence-electron chi connectivity index (χ4n) is 4.82. The Labute approximate surface area is 195 Å². The number of benzene rings is 3. The molecule has 3 aromatic carbocycles. The molecule has 0 N–H and O–H groups in total. The van der Waals surface area contributed by atoms with Crippen LogP contribution in [0.1, 0.15) is 17.5 Å². The molecule has 0 aliphatic carbocycles. The summed E-state index contributed by atoms with van der Waals surface area (Å²) in [6.07, 6.45) is 5.46. The van der Waals surface area contributed by atoms with Gasteiger partial charge in [-0.25, -0.2) is 4.98 Å². The van der Waals surface area contributed by atoms with E-state index in [1.165, 1.54) is 58.5 Å². The summed E-state index contributed by atoms with van der Waals surface area (Å²) in [7, 11) is 0. The zero-order valence-corrected chi connectivity index (χ0v) is 18.9. The lowest BCUT2D eigenvalue weighted by Gasteiger charge is -2.30. The van der Waals surface area contributed by atoms with Gasteiger partial charge in [0.15, 0.2) is 0 Å². The number of rotatable bonds is 5. The number of imidazole rings is 1. The molecular weight excluding hydrogens is 402 g/mol. The van der Waals surface area contributed by atoms with Gasteiger partial charge < -0.3 is 0 Å². The summed E-state index contributed by atoms with van der Waals surface area (Å²) in [5, 5.41) is 0. The van der Waals surface area contributed by atoms with Gasteiger partial charge in [-0.1, -0.05) is 72.8 Å². The minimum atomic E-state index is 0.969. The molecule has 3 nitrogen and oxygen atoms in total. The van der Waals surface area contributed by atoms with Gasteiger partial charge in [0.05, 0.1) is 11.9 Å². The van der Waals surface area contributed by atoms with Crippen molar-refractivity contribution >= 4 is 5.65 Å². The van der Waals surface area contributed by atoms with E-state index in [4.69, 9.17) is 4.98 Å². The zero-order valence-electron chi connectivity index (χ0n) is 18.9. The average molecular weight is 430 g/mol. The number of pyridine rings is 1. The van der Waals surface area contributed by atoms with Crippen molar-refractivity contribution in [3.63, 3.8) is 0 Å². The highest BCUT2D eigenvalue weighted by Crippen LogP contribution is 2.33. The maximum Gasteiger partial charge on any atom is 0.137 e. The molecule has 1 aliphatic heterocycles. The van der Waals surface area contributed by atoms with E-state index in [1.807, 2.05) is 6.20 Å². The van der Waals surface area contributed by atoms with Crippen LogP contribution in [-0.4, -0.2) is 27.4 Å². The Bertz CT molecular complexity index is 1410. The standard InChI is InChI=1S/C30H27N3/c1-22-27(24-7-3-2-4-8-24)9-5-10-28(22)26-15-18-33-29(20-31-30(33)19-26)25-13-11-23(12-14-25)21-32-16-6-17-32/h2-5,7-15,18-20H,6,16-17,21H2,1H3. The van der Waals surface area contributed by atoms with Gasteiger partial charge in [0.2, 0.25) is 0 Å². The predicted octanol–water partition coefficient (Wildman–Crippen LogP) is 6.85. The Hall–Kier alpha value is -3.69. The van der Waals surface area contributed by atoms with Gasteiger partial charge in [0.1, 0.15) is 5.65 Å². The van der Waals surface area contributed by atoms with E-state index in [1.54, 1.807) is 0 Å². The second-order valence-electron chi connectivity index (χ2n) is 8.96. The third-order valence-corrected chi connectivity index (χ3v) is 6.85. The third kappa shape index (κ3) is 3.75. The summed E-state index contributed by atoms with van der Waals surface area (Å²) in [4.78, 5) is 7.23. The number of fused-ring (bicyclic) bond motifs is 1. The maximum absolute atomic E-state index is 4.74. The molecule has 0 atom stereocenters. The van der Waals surface area contributed by atoms with Crippen molar-refractivity contribution in [1.82, 2.24) is 14.3 Å². The first-order valence-corrected chi connectivity index (χ1v) is 11.7. The van der Waals surface area contributed by atoms with Gasteiger partial charge in [0.25, 0.3) is 0 Å². The van der Waals surface area contributed by atoms with Crippen molar-refractivity contribution in [2.75, 3.05) is 13.1 Å². The van der Waals surface area contributed by atoms with E-state index in [9.17, 15) is 0 Å². The first-order chi connectivity index (χ1) is 16.3. The van der Waals surface area contributed by atoms with Crippen LogP contribution >= 0.6 is 0 Å². The summed E-state index contributed by atoms with van der Waals surface area (Å²) in [5.74, 6) is 0. The smallest absolute Gasteiger partial charge is 0.137 e. The molecule has 3 heteroatoms. The van der Waals surface area contributed by atoms with E-state index < -0.39 is 0 Å². The molecule has 0 amide bonds. The molecule has 6 rings (SSSR count). The molecule has 162 valence electrons. The van der Waals surface area contributed by atoms with E-state index in [2.05, 4.69) is 107 Å². The largest absolute Gasteiger partial charge is 0.300 e. The van der Waals surface area contributed by atoms with Crippen molar-refractivity contribution in [3.8, 4) is 33.5 Å². The Morgan fingerprint density at radius 1 is 0.758 bits per heavy atom. The highest BCUT2D eigenvalue weighted by atomic mass is 15.2. The second kappa shape index (κ2) is 8.34. The van der Waals surface area contributed by atoms with Gasteiger partial charge in [-0.05, 0) is 71.9 Å². The van der Waals surface area contributed by atoms with Crippen LogP contribution in [0.4, 0.5) is 0 Å². The molecule has 1 aliphatic rings. The van der Waals surface area contributed by atoms with Gasteiger partial charge >= 0.3 is 0 Å². The van der Waals surface area contributed by atoms with Crippen molar-refractivity contribution < 1.29 is 0 Å². The van der Waals surface area contributed by atoms with Crippen LogP contribution in [0.2, 0.25) is 0 Å². The van der Waals surface area contributed by atoms with Crippen molar-refractivity contribution in [2.24, 2.45) is 0 Å².